The second-order valence-corrected chi connectivity index (χ2v) is 11.3. The first kappa shape index (κ1) is 25.8. The summed E-state index contributed by atoms with van der Waals surface area (Å²) >= 11 is 0. The van der Waals surface area contributed by atoms with Gasteiger partial charge in [-0.2, -0.15) is 0 Å². The first-order valence-electron chi connectivity index (χ1n) is 11.9. The molecule has 1 fully saturated rings. The van der Waals surface area contributed by atoms with Gasteiger partial charge >= 0.3 is 12.1 Å². The molecule has 1 N–H and O–H groups in total. The van der Waals surface area contributed by atoms with E-state index in [1.165, 1.54) is 0 Å². The van der Waals surface area contributed by atoms with Gasteiger partial charge in [0.2, 0.25) is 5.91 Å². The number of nitrogens with zero attached hydrogens (tertiary/aromatic N) is 2. The summed E-state index contributed by atoms with van der Waals surface area (Å²) in [6.07, 6.45) is 0.302. The molecule has 188 valence electrons. The number of alkyl carbamates (subject to hydrolysis) is 1. The molecule has 2 amide bonds. The number of rotatable bonds is 5. The number of piperidine rings is 1. The van der Waals surface area contributed by atoms with Gasteiger partial charge in [0, 0.05) is 43.7 Å². The van der Waals surface area contributed by atoms with E-state index in [0.717, 1.165) is 12.1 Å². The maximum atomic E-state index is 13.5. The van der Waals surface area contributed by atoms with E-state index in [1.807, 2.05) is 6.07 Å². The Morgan fingerprint density at radius 3 is 2.35 bits per heavy atom. The van der Waals surface area contributed by atoms with E-state index in [4.69, 9.17) is 9.47 Å². The van der Waals surface area contributed by atoms with Crippen LogP contribution in [0.3, 0.4) is 0 Å². The van der Waals surface area contributed by atoms with Gasteiger partial charge in [-0.3, -0.25) is 14.4 Å². The summed E-state index contributed by atoms with van der Waals surface area (Å²) in [5, 5.41) is 2.67. The zero-order chi connectivity index (χ0) is 25.3. The van der Waals surface area contributed by atoms with Crippen molar-refractivity contribution in [2.75, 3.05) is 13.1 Å². The number of hydrogen-bond donors (Lipinski definition) is 1. The fourth-order valence-electron chi connectivity index (χ4n) is 4.66. The van der Waals surface area contributed by atoms with Crippen LogP contribution in [-0.2, 0) is 25.6 Å². The molecular weight excluding hydrogens is 438 g/mol. The Hall–Kier alpha value is -2.84. The van der Waals surface area contributed by atoms with Crippen molar-refractivity contribution in [3.05, 3.63) is 34.2 Å². The molecule has 34 heavy (non-hydrogen) atoms. The van der Waals surface area contributed by atoms with Crippen molar-refractivity contribution in [1.82, 2.24) is 14.8 Å². The van der Waals surface area contributed by atoms with Crippen molar-refractivity contribution in [2.24, 2.45) is 5.92 Å². The normalized spacial score (nSPS) is 20.7. The second-order valence-electron chi connectivity index (χ2n) is 11.3. The van der Waals surface area contributed by atoms with Crippen LogP contribution in [0, 0.1) is 5.92 Å². The Balaban J connectivity index is 1.74. The van der Waals surface area contributed by atoms with E-state index in [1.54, 1.807) is 63.1 Å². The maximum absolute atomic E-state index is 13.5. The van der Waals surface area contributed by atoms with Crippen LogP contribution in [0.15, 0.2) is 23.0 Å². The van der Waals surface area contributed by atoms with E-state index in [0.29, 0.717) is 19.6 Å². The largest absolute Gasteiger partial charge is 0.460 e. The van der Waals surface area contributed by atoms with E-state index >= 15 is 0 Å². The van der Waals surface area contributed by atoms with Gasteiger partial charge in [0.1, 0.15) is 17.2 Å². The molecule has 1 aromatic heterocycles. The SMILES string of the molecule is CC(C)(C)OC(=O)CC[C@@H](NC(=O)OC(C)(C)C)C(=O)N1C[C@H]2C[C@H](C1)c1cccc(=O)n1C2. The number of esters is 1. The van der Waals surface area contributed by atoms with Crippen LogP contribution in [0.5, 0.6) is 0 Å². The minimum atomic E-state index is -0.917. The first-order valence-corrected chi connectivity index (χ1v) is 11.9. The fourth-order valence-corrected chi connectivity index (χ4v) is 4.66. The van der Waals surface area contributed by atoms with Gasteiger partial charge in [-0.1, -0.05) is 6.07 Å². The maximum Gasteiger partial charge on any atom is 0.408 e. The lowest BCUT2D eigenvalue weighted by atomic mass is 9.83. The van der Waals surface area contributed by atoms with Gasteiger partial charge < -0.3 is 24.3 Å². The number of carbonyl (C=O) groups is 3. The molecule has 9 heteroatoms. The quantitative estimate of drug-likeness (QED) is 0.657. The Labute approximate surface area is 200 Å². The molecule has 0 unspecified atom stereocenters. The number of amides is 2. The highest BCUT2D eigenvalue weighted by Crippen LogP contribution is 2.35. The van der Waals surface area contributed by atoms with Gasteiger partial charge in [0.05, 0.1) is 0 Å². The highest BCUT2D eigenvalue weighted by Gasteiger charge is 2.38. The summed E-state index contributed by atoms with van der Waals surface area (Å²) in [7, 11) is 0. The minimum absolute atomic E-state index is 0.0115. The van der Waals surface area contributed by atoms with Crippen molar-refractivity contribution in [3.63, 3.8) is 0 Å². The van der Waals surface area contributed by atoms with E-state index in [9.17, 15) is 19.2 Å². The lowest BCUT2D eigenvalue weighted by molar-refractivity contribution is -0.155. The number of hydrogen-bond acceptors (Lipinski definition) is 6. The Morgan fingerprint density at radius 1 is 1.03 bits per heavy atom. The average molecular weight is 476 g/mol. The highest BCUT2D eigenvalue weighted by molar-refractivity contribution is 5.86. The molecule has 3 heterocycles. The third-order valence-corrected chi connectivity index (χ3v) is 5.84. The van der Waals surface area contributed by atoms with Crippen LogP contribution in [0.4, 0.5) is 4.79 Å². The number of ether oxygens (including phenoxy) is 2. The summed E-state index contributed by atoms with van der Waals surface area (Å²) < 4.78 is 12.5. The van der Waals surface area contributed by atoms with Crippen LogP contribution in [0.25, 0.3) is 0 Å². The number of carbonyl (C=O) groups excluding carboxylic acids is 3. The summed E-state index contributed by atoms with van der Waals surface area (Å²) in [6.45, 7) is 12.1. The minimum Gasteiger partial charge on any atom is -0.460 e. The monoisotopic (exact) mass is 475 g/mol. The Bertz CT molecular complexity index is 988. The van der Waals surface area contributed by atoms with Crippen molar-refractivity contribution in [2.45, 2.75) is 90.5 Å². The zero-order valence-corrected chi connectivity index (χ0v) is 21.1. The van der Waals surface area contributed by atoms with Gasteiger partial charge in [0.25, 0.3) is 5.56 Å². The van der Waals surface area contributed by atoms with E-state index in [-0.39, 0.29) is 36.1 Å². The summed E-state index contributed by atoms with van der Waals surface area (Å²) in [6, 6.07) is 4.34. The lowest BCUT2D eigenvalue weighted by Gasteiger charge is -2.43. The van der Waals surface area contributed by atoms with Crippen LogP contribution in [-0.4, -0.2) is 57.8 Å². The molecule has 1 saturated heterocycles. The topological polar surface area (TPSA) is 107 Å². The van der Waals surface area contributed by atoms with E-state index < -0.39 is 29.3 Å². The molecule has 0 aromatic carbocycles. The number of fused-ring (bicyclic) bond motifs is 4. The summed E-state index contributed by atoms with van der Waals surface area (Å²) in [5.41, 5.74) is -0.437. The Kier molecular flexibility index (Phi) is 7.43. The van der Waals surface area contributed by atoms with Gasteiger partial charge in [-0.15, -0.1) is 0 Å². The third kappa shape index (κ3) is 6.84. The number of likely N-dealkylation sites (tertiary alicyclic amines) is 1. The molecule has 9 nitrogen and oxygen atoms in total. The molecule has 0 saturated carbocycles. The smallest absolute Gasteiger partial charge is 0.408 e. The summed E-state index contributed by atoms with van der Waals surface area (Å²) in [5.74, 6) is -0.474. The zero-order valence-electron chi connectivity index (χ0n) is 21.1. The van der Waals surface area contributed by atoms with Crippen molar-refractivity contribution in [3.8, 4) is 0 Å². The number of nitrogens with one attached hydrogen (secondary N) is 1. The number of aromatic nitrogens is 1. The van der Waals surface area contributed by atoms with Gasteiger partial charge in [-0.25, -0.2) is 4.79 Å². The van der Waals surface area contributed by atoms with Crippen LogP contribution in [0.2, 0.25) is 0 Å². The molecule has 0 radical (unpaired) electrons. The second kappa shape index (κ2) is 9.80. The van der Waals surface area contributed by atoms with Crippen LogP contribution in [0.1, 0.15) is 72.4 Å². The molecular formula is C25H37N3O6. The molecule has 2 aliphatic rings. The third-order valence-electron chi connectivity index (χ3n) is 5.84. The molecule has 3 atom stereocenters. The summed E-state index contributed by atoms with van der Waals surface area (Å²) in [4.78, 5) is 52.3. The van der Waals surface area contributed by atoms with Crippen molar-refractivity contribution in [1.29, 1.82) is 0 Å². The molecule has 0 spiro atoms. The molecule has 0 aliphatic carbocycles. The Morgan fingerprint density at radius 2 is 1.71 bits per heavy atom. The number of pyridine rings is 1. The lowest BCUT2D eigenvalue weighted by Crippen LogP contribution is -2.55. The van der Waals surface area contributed by atoms with Crippen LogP contribution >= 0.6 is 0 Å². The molecule has 3 rings (SSSR count). The average Bonchev–Trinajstić information content (AvgIpc) is 2.68. The standard InChI is InChI=1S/C25H37N3O6/c1-24(2,3)33-21(30)11-10-18(26-23(32)34-25(4,5)6)22(31)27-13-16-12-17(15-27)19-8-7-9-20(29)28(19)14-16/h7-9,16-18H,10-15H2,1-6H3,(H,26,32)/t16-,17-,18-/m1/s1. The predicted octanol–water partition coefficient (Wildman–Crippen LogP) is 2.81. The van der Waals surface area contributed by atoms with Crippen LogP contribution < -0.4 is 10.9 Å². The fraction of sp³-hybridized carbons (Fsp3) is 0.680. The first-order chi connectivity index (χ1) is 15.7. The molecule has 1 aromatic rings. The molecule has 2 aliphatic heterocycles. The van der Waals surface area contributed by atoms with Crippen molar-refractivity contribution >= 4 is 18.0 Å². The predicted molar refractivity (Wildman–Crippen MR) is 126 cm³/mol. The van der Waals surface area contributed by atoms with Crippen molar-refractivity contribution < 1.29 is 23.9 Å². The van der Waals surface area contributed by atoms with Gasteiger partial charge in [0.15, 0.2) is 0 Å². The highest BCUT2D eigenvalue weighted by atomic mass is 16.6. The van der Waals surface area contributed by atoms with Gasteiger partial charge in [-0.05, 0) is 66.4 Å². The van der Waals surface area contributed by atoms with E-state index in [2.05, 4.69) is 5.32 Å². The molecule has 2 bridgehead atoms.